The Morgan fingerprint density at radius 3 is 1.77 bits per heavy atom. The molecule has 208 valence electrons. The number of ether oxygens (including phenoxy) is 1. The first kappa shape index (κ1) is 34.0. The minimum Gasteiger partial charge on any atom is -0.465 e. The van der Waals surface area contributed by atoms with E-state index >= 15 is 0 Å². The number of unbranched alkanes of at least 4 members (excludes halogenated alkanes) is 14. The van der Waals surface area contributed by atoms with Crippen LogP contribution >= 0.6 is 7.82 Å². The molecule has 8 nitrogen and oxygen atoms in total. The molecule has 0 radical (unpaired) electrons. The zero-order chi connectivity index (χ0) is 26.2. The summed E-state index contributed by atoms with van der Waals surface area (Å²) in [4.78, 5) is 32.2. The van der Waals surface area contributed by atoms with Gasteiger partial charge in [-0.1, -0.05) is 104 Å². The molecule has 2 atom stereocenters. The summed E-state index contributed by atoms with van der Waals surface area (Å²) in [7, 11) is -4.19. The van der Waals surface area contributed by atoms with Crippen molar-refractivity contribution in [3.8, 4) is 0 Å². The predicted octanol–water partition coefficient (Wildman–Crippen LogP) is 6.70. The van der Waals surface area contributed by atoms with Gasteiger partial charge in [-0.15, -0.1) is 0 Å². The molecule has 0 saturated carbocycles. The Morgan fingerprint density at radius 2 is 1.29 bits per heavy atom. The van der Waals surface area contributed by atoms with Gasteiger partial charge in [0.15, 0.2) is 0 Å². The van der Waals surface area contributed by atoms with Crippen molar-refractivity contribution in [3.05, 3.63) is 0 Å². The summed E-state index contributed by atoms with van der Waals surface area (Å²) in [6.07, 6.45) is 19.6. The van der Waals surface area contributed by atoms with Gasteiger partial charge in [-0.2, -0.15) is 0 Å². The van der Waals surface area contributed by atoms with E-state index in [1.54, 1.807) is 6.92 Å². The monoisotopic (exact) mass is 521 g/mol. The van der Waals surface area contributed by atoms with E-state index in [0.29, 0.717) is 6.42 Å². The molecule has 0 rings (SSSR count). The Kier molecular flexibility index (Phi) is 22.8. The van der Waals surface area contributed by atoms with Crippen molar-refractivity contribution in [2.75, 3.05) is 26.4 Å². The molecule has 0 bridgehead atoms. The van der Waals surface area contributed by atoms with Gasteiger partial charge in [-0.3, -0.25) is 18.6 Å². The molecule has 2 N–H and O–H groups in total. The number of phosphoric acid groups is 1. The topological polar surface area (TPSA) is 111 Å². The molecule has 9 heteroatoms. The van der Waals surface area contributed by atoms with Crippen molar-refractivity contribution in [1.29, 1.82) is 0 Å². The molecular formula is C26H52NO7P. The average molecular weight is 522 g/mol. The van der Waals surface area contributed by atoms with E-state index in [-0.39, 0.29) is 44.2 Å². The highest BCUT2D eigenvalue weighted by atomic mass is 31.2. The van der Waals surface area contributed by atoms with Crippen LogP contribution in [0, 0.1) is 5.92 Å². The lowest BCUT2D eigenvalue weighted by molar-refractivity contribution is -0.145. The van der Waals surface area contributed by atoms with Crippen molar-refractivity contribution in [2.24, 2.45) is 5.92 Å². The number of rotatable bonds is 25. The Balaban J connectivity index is 3.50. The Morgan fingerprint density at radius 1 is 0.800 bits per heavy atom. The van der Waals surface area contributed by atoms with Crippen molar-refractivity contribution in [1.82, 2.24) is 5.32 Å². The number of carbonyl (C=O) groups excluding carboxylic acids is 2. The first-order chi connectivity index (χ1) is 16.8. The maximum atomic E-state index is 11.9. The molecule has 0 aliphatic carbocycles. The molecule has 0 aromatic heterocycles. The van der Waals surface area contributed by atoms with Crippen LogP contribution in [0.25, 0.3) is 0 Å². The minimum atomic E-state index is -4.19. The molecule has 0 aliphatic rings. The number of esters is 1. The van der Waals surface area contributed by atoms with Crippen molar-refractivity contribution in [2.45, 2.75) is 124 Å². The second-order valence-corrected chi connectivity index (χ2v) is 11.0. The third kappa shape index (κ3) is 25.9. The summed E-state index contributed by atoms with van der Waals surface area (Å²) in [5.41, 5.74) is 0. The predicted molar refractivity (Wildman–Crippen MR) is 140 cm³/mol. The Labute approximate surface area is 213 Å². The maximum Gasteiger partial charge on any atom is 0.472 e. The molecule has 0 fully saturated rings. The first-order valence-electron chi connectivity index (χ1n) is 13.8. The molecule has 0 heterocycles. The van der Waals surface area contributed by atoms with Crippen LogP contribution in [0.3, 0.4) is 0 Å². The van der Waals surface area contributed by atoms with E-state index in [1.165, 1.54) is 84.0 Å². The van der Waals surface area contributed by atoms with Crippen molar-refractivity contribution < 1.29 is 32.8 Å². The molecule has 0 spiro atoms. The van der Waals surface area contributed by atoms with E-state index in [1.807, 2.05) is 0 Å². The standard InChI is InChI=1S/C26H52NO7P/c1-4-5-6-7-8-9-10-11-12-13-14-15-16-17-18-19-26(29)32-22-24(2)23-34-35(30,31)33-21-20-27-25(3)28/h24H,4-23H2,1-3H3,(H,27,28)(H,30,31). The fraction of sp³-hybridized carbons (Fsp3) is 0.923. The molecule has 0 aromatic carbocycles. The molecule has 0 aliphatic heterocycles. The van der Waals surface area contributed by atoms with Gasteiger partial charge < -0.3 is 14.9 Å². The molecule has 0 saturated heterocycles. The minimum absolute atomic E-state index is 0.0693. The third-order valence-electron chi connectivity index (χ3n) is 5.77. The lowest BCUT2D eigenvalue weighted by Gasteiger charge is -2.16. The van der Waals surface area contributed by atoms with Gasteiger partial charge in [0.2, 0.25) is 5.91 Å². The second kappa shape index (κ2) is 23.4. The normalized spacial score (nSPS) is 13.8. The Hall–Kier alpha value is -0.950. The van der Waals surface area contributed by atoms with Crippen LogP contribution in [-0.4, -0.2) is 43.1 Å². The highest BCUT2D eigenvalue weighted by Gasteiger charge is 2.22. The van der Waals surface area contributed by atoms with Gasteiger partial charge in [-0.05, 0) is 6.42 Å². The van der Waals surface area contributed by atoms with Gasteiger partial charge in [0.05, 0.1) is 19.8 Å². The first-order valence-corrected chi connectivity index (χ1v) is 15.3. The van der Waals surface area contributed by atoms with Crippen molar-refractivity contribution in [3.63, 3.8) is 0 Å². The van der Waals surface area contributed by atoms with Crippen LogP contribution in [0.4, 0.5) is 0 Å². The zero-order valence-electron chi connectivity index (χ0n) is 22.6. The fourth-order valence-corrected chi connectivity index (χ4v) is 4.48. The molecular weight excluding hydrogens is 469 g/mol. The lowest BCUT2D eigenvalue weighted by Crippen LogP contribution is -2.24. The van der Waals surface area contributed by atoms with Crippen molar-refractivity contribution >= 4 is 19.7 Å². The van der Waals surface area contributed by atoms with Gasteiger partial charge >= 0.3 is 13.8 Å². The van der Waals surface area contributed by atoms with Crippen LogP contribution in [0.2, 0.25) is 0 Å². The molecule has 0 aromatic rings. The summed E-state index contributed by atoms with van der Waals surface area (Å²) >= 11 is 0. The summed E-state index contributed by atoms with van der Waals surface area (Å²) in [6.45, 7) is 5.42. The smallest absolute Gasteiger partial charge is 0.465 e. The third-order valence-corrected chi connectivity index (χ3v) is 6.75. The molecule has 35 heavy (non-hydrogen) atoms. The second-order valence-electron chi connectivity index (χ2n) is 9.57. The van der Waals surface area contributed by atoms with Gasteiger partial charge in [-0.25, -0.2) is 4.57 Å². The number of carbonyl (C=O) groups is 2. The maximum absolute atomic E-state index is 11.9. The number of amides is 1. The van der Waals surface area contributed by atoms with E-state index in [0.717, 1.165) is 19.3 Å². The highest BCUT2D eigenvalue weighted by Crippen LogP contribution is 2.43. The number of phosphoric ester groups is 1. The molecule has 1 amide bonds. The van der Waals surface area contributed by atoms with Crippen LogP contribution < -0.4 is 5.32 Å². The quantitative estimate of drug-likeness (QED) is 0.0781. The highest BCUT2D eigenvalue weighted by molar-refractivity contribution is 7.47. The Bertz CT molecular complexity index is 574. The van der Waals surface area contributed by atoms with Crippen LogP contribution in [0.15, 0.2) is 0 Å². The van der Waals surface area contributed by atoms with Crippen LogP contribution in [-0.2, 0) is 27.9 Å². The number of hydrogen-bond acceptors (Lipinski definition) is 6. The zero-order valence-corrected chi connectivity index (χ0v) is 23.5. The number of hydrogen-bond donors (Lipinski definition) is 2. The summed E-state index contributed by atoms with van der Waals surface area (Å²) in [5.74, 6) is -0.730. The van der Waals surface area contributed by atoms with Gasteiger partial charge in [0, 0.05) is 25.8 Å². The summed E-state index contributed by atoms with van der Waals surface area (Å²) in [6, 6.07) is 0. The van der Waals surface area contributed by atoms with Gasteiger partial charge in [0.25, 0.3) is 0 Å². The summed E-state index contributed by atoms with van der Waals surface area (Å²) in [5, 5.41) is 2.45. The summed E-state index contributed by atoms with van der Waals surface area (Å²) < 4.78 is 26.7. The van der Waals surface area contributed by atoms with Crippen LogP contribution in [0.5, 0.6) is 0 Å². The number of nitrogens with one attached hydrogen (secondary N) is 1. The SMILES string of the molecule is CCCCCCCCCCCCCCCCCC(=O)OCC(C)COP(=O)(O)OCCNC(C)=O. The average Bonchev–Trinajstić information content (AvgIpc) is 2.81. The molecule has 2 unspecified atom stereocenters. The van der Waals surface area contributed by atoms with E-state index < -0.39 is 7.82 Å². The van der Waals surface area contributed by atoms with Crippen LogP contribution in [0.1, 0.15) is 124 Å². The van der Waals surface area contributed by atoms with E-state index in [9.17, 15) is 19.0 Å². The van der Waals surface area contributed by atoms with E-state index in [2.05, 4.69) is 12.2 Å². The van der Waals surface area contributed by atoms with Gasteiger partial charge in [0.1, 0.15) is 0 Å². The fourth-order valence-electron chi connectivity index (χ4n) is 3.64. The van der Waals surface area contributed by atoms with E-state index in [4.69, 9.17) is 13.8 Å². The largest absolute Gasteiger partial charge is 0.472 e. The lowest BCUT2D eigenvalue weighted by atomic mass is 10.0.